The molecule has 0 aromatic carbocycles. The third kappa shape index (κ3) is 2.63. The smallest absolute Gasteiger partial charge is 0.274 e. The summed E-state index contributed by atoms with van der Waals surface area (Å²) in [4.78, 5) is 18.9. The van der Waals surface area contributed by atoms with Gasteiger partial charge in [-0.2, -0.15) is 10.2 Å². The van der Waals surface area contributed by atoms with E-state index in [1.807, 2.05) is 16.5 Å². The Labute approximate surface area is 145 Å². The van der Waals surface area contributed by atoms with Crippen molar-refractivity contribution in [1.29, 1.82) is 0 Å². The third-order valence-corrected chi connectivity index (χ3v) is 4.48. The van der Waals surface area contributed by atoms with Gasteiger partial charge in [-0.05, 0) is 19.9 Å². The number of amides is 1. The molecule has 0 saturated carbocycles. The maximum absolute atomic E-state index is 12.7. The monoisotopic (exact) mass is 340 g/mol. The van der Waals surface area contributed by atoms with Crippen LogP contribution in [0.4, 0.5) is 0 Å². The Bertz CT molecular complexity index is 935. The molecule has 1 aliphatic heterocycles. The molecule has 0 unspecified atom stereocenters. The minimum atomic E-state index is -0.0648. The summed E-state index contributed by atoms with van der Waals surface area (Å²) in [7, 11) is 1.80. The van der Waals surface area contributed by atoms with Crippen LogP contribution < -0.4 is 0 Å². The van der Waals surface area contributed by atoms with Crippen LogP contribution in [0.15, 0.2) is 22.9 Å². The maximum atomic E-state index is 12.7. The molecule has 4 heterocycles. The number of fused-ring (bicyclic) bond motifs is 1. The van der Waals surface area contributed by atoms with Crippen molar-refractivity contribution >= 4 is 5.91 Å². The van der Waals surface area contributed by atoms with Gasteiger partial charge < -0.3 is 9.32 Å². The van der Waals surface area contributed by atoms with Crippen molar-refractivity contribution in [3.8, 4) is 11.6 Å². The Morgan fingerprint density at radius 3 is 2.84 bits per heavy atom. The summed E-state index contributed by atoms with van der Waals surface area (Å²) in [6, 6.07) is 1.74. The van der Waals surface area contributed by atoms with Gasteiger partial charge >= 0.3 is 0 Å². The molecule has 0 N–H and O–H groups in total. The molecule has 1 aliphatic rings. The van der Waals surface area contributed by atoms with E-state index in [1.165, 1.54) is 0 Å². The van der Waals surface area contributed by atoms with E-state index in [2.05, 4.69) is 22.1 Å². The number of hydrogen-bond acceptors (Lipinski definition) is 5. The highest BCUT2D eigenvalue weighted by Crippen LogP contribution is 2.30. The molecule has 0 spiro atoms. The van der Waals surface area contributed by atoms with E-state index in [9.17, 15) is 4.79 Å². The van der Waals surface area contributed by atoms with Gasteiger partial charge in [0.25, 0.3) is 5.91 Å². The van der Waals surface area contributed by atoms with Crippen molar-refractivity contribution in [1.82, 2.24) is 29.4 Å². The zero-order valence-electron chi connectivity index (χ0n) is 14.6. The fourth-order valence-corrected chi connectivity index (χ4v) is 3.25. The fourth-order valence-electron chi connectivity index (χ4n) is 3.25. The number of nitrogens with zero attached hydrogens (tertiary/aromatic N) is 6. The van der Waals surface area contributed by atoms with Crippen molar-refractivity contribution in [2.45, 2.75) is 33.4 Å². The quantitative estimate of drug-likeness (QED) is 0.726. The van der Waals surface area contributed by atoms with Gasteiger partial charge in [-0.25, -0.2) is 4.98 Å². The minimum Gasteiger partial charge on any atom is -0.440 e. The summed E-state index contributed by atoms with van der Waals surface area (Å²) in [6.07, 6.45) is 4.22. The molecule has 25 heavy (non-hydrogen) atoms. The first-order valence-electron chi connectivity index (χ1n) is 8.37. The van der Waals surface area contributed by atoms with Crippen molar-refractivity contribution in [3.05, 3.63) is 41.2 Å². The summed E-state index contributed by atoms with van der Waals surface area (Å²) in [6.45, 7) is 5.83. The van der Waals surface area contributed by atoms with Crippen molar-refractivity contribution in [2.75, 3.05) is 6.54 Å². The Balaban J connectivity index is 1.70. The van der Waals surface area contributed by atoms with Crippen LogP contribution in [-0.4, -0.2) is 41.9 Å². The normalized spacial score (nSPS) is 14.0. The molecular formula is C17H20N6O2. The van der Waals surface area contributed by atoms with Crippen LogP contribution >= 0.6 is 0 Å². The zero-order chi connectivity index (χ0) is 17.6. The lowest BCUT2D eigenvalue weighted by molar-refractivity contribution is 0.0726. The second kappa shape index (κ2) is 5.87. The van der Waals surface area contributed by atoms with Crippen molar-refractivity contribution < 1.29 is 9.21 Å². The molecule has 0 saturated heterocycles. The van der Waals surface area contributed by atoms with Crippen LogP contribution in [0.2, 0.25) is 0 Å². The number of hydrogen-bond donors (Lipinski definition) is 0. The van der Waals surface area contributed by atoms with Crippen LogP contribution in [-0.2, 0) is 26.6 Å². The van der Waals surface area contributed by atoms with E-state index in [0.717, 1.165) is 35.7 Å². The first-order valence-corrected chi connectivity index (χ1v) is 8.37. The maximum Gasteiger partial charge on any atom is 0.274 e. The van der Waals surface area contributed by atoms with Gasteiger partial charge in [-0.1, -0.05) is 0 Å². The fraction of sp³-hybridized carbons (Fsp3) is 0.412. The Hall–Kier alpha value is -2.90. The number of rotatable bonds is 3. The molecule has 0 atom stereocenters. The van der Waals surface area contributed by atoms with Gasteiger partial charge in [0.2, 0.25) is 5.89 Å². The summed E-state index contributed by atoms with van der Waals surface area (Å²) in [5.41, 5.74) is 3.35. The molecule has 0 radical (unpaired) electrons. The molecule has 3 aromatic rings. The highest BCUT2D eigenvalue weighted by molar-refractivity contribution is 5.92. The van der Waals surface area contributed by atoms with E-state index in [-0.39, 0.29) is 5.91 Å². The third-order valence-electron chi connectivity index (χ3n) is 4.48. The van der Waals surface area contributed by atoms with Crippen LogP contribution in [0.1, 0.15) is 34.4 Å². The van der Waals surface area contributed by atoms with Crippen LogP contribution in [0.3, 0.4) is 0 Å². The molecule has 0 aliphatic carbocycles. The SMILES string of the molecule is CCn1nc(-c2ncc(C)o2)c2c1CCN(C(=O)c1ccn(C)n1)C2. The van der Waals surface area contributed by atoms with E-state index in [0.29, 0.717) is 24.7 Å². The predicted molar refractivity (Wildman–Crippen MR) is 89.8 cm³/mol. The highest BCUT2D eigenvalue weighted by Gasteiger charge is 2.30. The van der Waals surface area contributed by atoms with Gasteiger partial charge in [-0.15, -0.1) is 0 Å². The number of carbonyl (C=O) groups is 1. The first-order chi connectivity index (χ1) is 12.1. The lowest BCUT2D eigenvalue weighted by Gasteiger charge is -2.27. The second-order valence-electron chi connectivity index (χ2n) is 6.22. The summed E-state index contributed by atoms with van der Waals surface area (Å²) in [5.74, 6) is 1.19. The van der Waals surface area contributed by atoms with Crippen molar-refractivity contribution in [2.24, 2.45) is 7.05 Å². The standard InChI is InChI=1S/C17H20N6O2/c1-4-23-14-6-8-22(17(24)13-5-7-21(3)19-13)10-12(14)15(20-23)16-18-9-11(2)25-16/h5,7,9H,4,6,8,10H2,1-3H3. The summed E-state index contributed by atoms with van der Waals surface area (Å²) < 4.78 is 9.29. The molecule has 0 fully saturated rings. The molecule has 4 rings (SSSR count). The van der Waals surface area contributed by atoms with Gasteiger partial charge in [0, 0.05) is 44.0 Å². The Morgan fingerprint density at radius 2 is 2.20 bits per heavy atom. The predicted octanol–water partition coefficient (Wildman–Crippen LogP) is 1.80. The van der Waals surface area contributed by atoms with Gasteiger partial charge in [0.15, 0.2) is 5.69 Å². The zero-order valence-corrected chi connectivity index (χ0v) is 14.6. The lowest BCUT2D eigenvalue weighted by atomic mass is 10.0. The first kappa shape index (κ1) is 15.6. The van der Waals surface area contributed by atoms with E-state index in [4.69, 9.17) is 4.42 Å². The molecule has 3 aromatic heterocycles. The van der Waals surface area contributed by atoms with E-state index in [1.54, 1.807) is 30.2 Å². The molecule has 130 valence electrons. The lowest BCUT2D eigenvalue weighted by Crippen LogP contribution is -2.36. The molecule has 8 heteroatoms. The van der Waals surface area contributed by atoms with Gasteiger partial charge in [0.05, 0.1) is 12.7 Å². The number of aromatic nitrogens is 5. The summed E-state index contributed by atoms with van der Waals surface area (Å²) >= 11 is 0. The average Bonchev–Trinajstić information content (AvgIpc) is 3.31. The largest absolute Gasteiger partial charge is 0.440 e. The highest BCUT2D eigenvalue weighted by atomic mass is 16.4. The van der Waals surface area contributed by atoms with Gasteiger partial charge in [0.1, 0.15) is 11.5 Å². The minimum absolute atomic E-state index is 0.0648. The van der Waals surface area contributed by atoms with E-state index >= 15 is 0 Å². The van der Waals surface area contributed by atoms with E-state index < -0.39 is 0 Å². The topological polar surface area (TPSA) is 82.0 Å². The van der Waals surface area contributed by atoms with Gasteiger partial charge in [-0.3, -0.25) is 14.2 Å². The molecular weight excluding hydrogens is 320 g/mol. The number of aryl methyl sites for hydroxylation is 3. The number of oxazole rings is 1. The second-order valence-corrected chi connectivity index (χ2v) is 6.22. The average molecular weight is 340 g/mol. The summed E-state index contributed by atoms with van der Waals surface area (Å²) in [5, 5.41) is 8.89. The van der Waals surface area contributed by atoms with Crippen molar-refractivity contribution in [3.63, 3.8) is 0 Å². The molecule has 1 amide bonds. The van der Waals surface area contributed by atoms with Crippen LogP contribution in [0.25, 0.3) is 11.6 Å². The molecule has 8 nitrogen and oxygen atoms in total. The van der Waals surface area contributed by atoms with Crippen LogP contribution in [0.5, 0.6) is 0 Å². The Kier molecular flexibility index (Phi) is 3.67. The number of carbonyl (C=O) groups excluding carboxylic acids is 1. The van der Waals surface area contributed by atoms with Crippen LogP contribution in [0, 0.1) is 6.92 Å². The Morgan fingerprint density at radius 1 is 1.36 bits per heavy atom. The molecule has 0 bridgehead atoms.